The molecule has 0 unspecified atom stereocenters. The summed E-state index contributed by atoms with van der Waals surface area (Å²) in [6, 6.07) is 19.5. The fourth-order valence-electron chi connectivity index (χ4n) is 3.51. The number of Topliss-reactive ketones (excluding diaryl/α,β-unsaturated/α-hetero) is 1. The third kappa shape index (κ3) is 9.82. The highest BCUT2D eigenvalue weighted by atomic mass is 35.5. The molecule has 0 aromatic heterocycles. The number of halogens is 2. The highest BCUT2D eigenvalue weighted by molar-refractivity contribution is 7.85. The van der Waals surface area contributed by atoms with Crippen molar-refractivity contribution in [3.8, 4) is 17.2 Å². The Morgan fingerprint density at radius 1 is 0.806 bits per heavy atom. The quantitative estimate of drug-likeness (QED) is 0.127. The minimum Gasteiger partial charge on any atom is -0.494 e. The van der Waals surface area contributed by atoms with Crippen LogP contribution in [-0.4, -0.2) is 31.1 Å². The summed E-state index contributed by atoms with van der Waals surface area (Å²) in [7, 11) is -3.93. The van der Waals surface area contributed by atoms with Gasteiger partial charge in [-0.05, 0) is 104 Å². The van der Waals surface area contributed by atoms with Gasteiger partial charge in [0.1, 0.15) is 17.2 Å². The maximum atomic E-state index is 12.5. The number of carbonyl (C=O) groups is 1. The molecule has 3 aromatic carbocycles. The van der Waals surface area contributed by atoms with Crippen molar-refractivity contribution in [3.05, 3.63) is 87.9 Å². The standard InChI is InChI=1S/C27H28Cl2O6S/c28-22-9-16-26(29)21(19-22)5-1-2-6-27(30)20-7-10-24(11-8-20)35-25-14-12-23(13-15-25)34-17-3-4-18-36(31,32)33/h7-16,19H,1-6,17-18H2,(H,31,32,33). The van der Waals surface area contributed by atoms with Gasteiger partial charge in [0.15, 0.2) is 5.78 Å². The van der Waals surface area contributed by atoms with Gasteiger partial charge < -0.3 is 9.47 Å². The monoisotopic (exact) mass is 550 g/mol. The zero-order chi connectivity index (χ0) is 26.0. The van der Waals surface area contributed by atoms with Crippen LogP contribution in [0, 0.1) is 0 Å². The SMILES string of the molecule is O=C(CCCCc1cc(Cl)ccc1Cl)c1ccc(Oc2ccc(OCCCCS(=O)(=O)O)cc2)cc1. The molecule has 3 aromatic rings. The van der Waals surface area contributed by atoms with Crippen molar-refractivity contribution in [2.45, 2.75) is 38.5 Å². The lowest BCUT2D eigenvalue weighted by molar-refractivity contribution is 0.0979. The van der Waals surface area contributed by atoms with E-state index in [1.54, 1.807) is 60.7 Å². The first-order chi connectivity index (χ1) is 17.2. The first-order valence-electron chi connectivity index (χ1n) is 11.6. The predicted octanol–water partition coefficient (Wildman–Crippen LogP) is 7.43. The molecule has 0 radical (unpaired) electrons. The topological polar surface area (TPSA) is 89.9 Å². The Bertz CT molecular complexity index is 1240. The maximum Gasteiger partial charge on any atom is 0.264 e. The van der Waals surface area contributed by atoms with Gasteiger partial charge in [0.05, 0.1) is 12.4 Å². The van der Waals surface area contributed by atoms with E-state index in [9.17, 15) is 13.2 Å². The van der Waals surface area contributed by atoms with E-state index in [0.717, 1.165) is 24.8 Å². The van der Waals surface area contributed by atoms with E-state index < -0.39 is 10.1 Å². The number of carbonyl (C=O) groups excluding carboxylic acids is 1. The second-order valence-electron chi connectivity index (χ2n) is 8.31. The van der Waals surface area contributed by atoms with Crippen LogP contribution in [0.5, 0.6) is 17.2 Å². The minimum absolute atomic E-state index is 0.0804. The zero-order valence-corrected chi connectivity index (χ0v) is 22.0. The Morgan fingerprint density at radius 2 is 1.44 bits per heavy atom. The Morgan fingerprint density at radius 3 is 2.11 bits per heavy atom. The van der Waals surface area contributed by atoms with Crippen LogP contribution in [0.25, 0.3) is 0 Å². The minimum atomic E-state index is -3.93. The average Bonchev–Trinajstić information content (AvgIpc) is 2.84. The van der Waals surface area contributed by atoms with Crippen LogP contribution in [0.15, 0.2) is 66.7 Å². The fraction of sp³-hybridized carbons (Fsp3) is 0.296. The summed E-state index contributed by atoms with van der Waals surface area (Å²) in [5, 5.41) is 1.35. The van der Waals surface area contributed by atoms with Crippen LogP contribution < -0.4 is 9.47 Å². The molecule has 0 bridgehead atoms. The van der Waals surface area contributed by atoms with Gasteiger partial charge in [0.25, 0.3) is 10.1 Å². The molecule has 0 aliphatic heterocycles. The van der Waals surface area contributed by atoms with Crippen molar-refractivity contribution in [2.75, 3.05) is 12.4 Å². The lowest BCUT2D eigenvalue weighted by Gasteiger charge is -2.09. The molecular formula is C27H28Cl2O6S. The van der Waals surface area contributed by atoms with Crippen LogP contribution in [0.4, 0.5) is 0 Å². The van der Waals surface area contributed by atoms with Gasteiger partial charge >= 0.3 is 0 Å². The first kappa shape index (κ1) is 28.0. The van der Waals surface area contributed by atoms with E-state index in [4.69, 9.17) is 37.2 Å². The molecule has 0 heterocycles. The Labute approximate surface area is 221 Å². The molecule has 9 heteroatoms. The summed E-state index contributed by atoms with van der Waals surface area (Å²) < 4.78 is 41.5. The number of ether oxygens (including phenoxy) is 2. The molecule has 0 aliphatic carbocycles. The summed E-state index contributed by atoms with van der Waals surface area (Å²) in [6.07, 6.45) is 3.68. The summed E-state index contributed by atoms with van der Waals surface area (Å²) >= 11 is 12.2. The van der Waals surface area contributed by atoms with Crippen LogP contribution in [-0.2, 0) is 16.5 Å². The molecule has 6 nitrogen and oxygen atoms in total. The molecule has 0 aliphatic rings. The Balaban J connectivity index is 1.39. The molecule has 192 valence electrons. The number of unbranched alkanes of at least 4 members (excludes halogenated alkanes) is 2. The van der Waals surface area contributed by atoms with E-state index in [2.05, 4.69) is 0 Å². The second-order valence-corrected chi connectivity index (χ2v) is 10.7. The third-order valence-corrected chi connectivity index (χ3v) is 6.82. The lowest BCUT2D eigenvalue weighted by Crippen LogP contribution is -2.06. The molecule has 3 rings (SSSR count). The highest BCUT2D eigenvalue weighted by Crippen LogP contribution is 2.25. The van der Waals surface area contributed by atoms with Gasteiger partial charge in [-0.1, -0.05) is 23.2 Å². The summed E-state index contributed by atoms with van der Waals surface area (Å²) in [6.45, 7) is 0.347. The van der Waals surface area contributed by atoms with Crippen molar-refractivity contribution in [2.24, 2.45) is 0 Å². The van der Waals surface area contributed by atoms with Gasteiger partial charge in [0.2, 0.25) is 0 Å². The largest absolute Gasteiger partial charge is 0.494 e. The molecule has 0 fully saturated rings. The lowest BCUT2D eigenvalue weighted by atomic mass is 10.0. The van der Waals surface area contributed by atoms with E-state index >= 15 is 0 Å². The van der Waals surface area contributed by atoms with Crippen LogP contribution in [0.2, 0.25) is 10.0 Å². The predicted molar refractivity (Wildman–Crippen MR) is 142 cm³/mol. The van der Waals surface area contributed by atoms with Gasteiger partial charge in [-0.25, -0.2) is 0 Å². The number of rotatable bonds is 14. The van der Waals surface area contributed by atoms with Crippen molar-refractivity contribution < 1.29 is 27.2 Å². The van der Waals surface area contributed by atoms with Crippen LogP contribution in [0.1, 0.15) is 48.0 Å². The number of ketones is 1. The maximum absolute atomic E-state index is 12.5. The molecule has 0 saturated carbocycles. The van der Waals surface area contributed by atoms with Gasteiger partial charge in [-0.2, -0.15) is 8.42 Å². The molecule has 1 N–H and O–H groups in total. The van der Waals surface area contributed by atoms with Crippen LogP contribution >= 0.6 is 23.2 Å². The number of hydrogen-bond donors (Lipinski definition) is 1. The number of aryl methyl sites for hydroxylation is 1. The third-order valence-electron chi connectivity index (χ3n) is 5.41. The van der Waals surface area contributed by atoms with Crippen molar-refractivity contribution in [1.29, 1.82) is 0 Å². The van der Waals surface area contributed by atoms with Crippen molar-refractivity contribution >= 4 is 39.1 Å². The number of benzene rings is 3. The highest BCUT2D eigenvalue weighted by Gasteiger charge is 2.08. The first-order valence-corrected chi connectivity index (χ1v) is 14.0. The average molecular weight is 551 g/mol. The molecule has 0 atom stereocenters. The van der Waals surface area contributed by atoms with E-state index in [-0.39, 0.29) is 11.5 Å². The molecule has 0 spiro atoms. The molecule has 0 saturated heterocycles. The van der Waals surface area contributed by atoms with Crippen molar-refractivity contribution in [1.82, 2.24) is 0 Å². The smallest absolute Gasteiger partial charge is 0.264 e. The van der Waals surface area contributed by atoms with E-state index in [1.807, 2.05) is 6.07 Å². The summed E-state index contributed by atoms with van der Waals surface area (Å²) in [5.74, 6) is 1.67. The normalized spacial score (nSPS) is 11.3. The van der Waals surface area contributed by atoms with E-state index in [0.29, 0.717) is 58.7 Å². The zero-order valence-electron chi connectivity index (χ0n) is 19.7. The Hall–Kier alpha value is -2.58. The van der Waals surface area contributed by atoms with Gasteiger partial charge in [-0.15, -0.1) is 0 Å². The fourth-order valence-corrected chi connectivity index (χ4v) is 4.48. The van der Waals surface area contributed by atoms with Crippen LogP contribution in [0.3, 0.4) is 0 Å². The Kier molecular flexibility index (Phi) is 10.6. The molecular weight excluding hydrogens is 523 g/mol. The van der Waals surface area contributed by atoms with Gasteiger partial charge in [0, 0.05) is 22.0 Å². The number of hydrogen-bond acceptors (Lipinski definition) is 5. The molecule has 36 heavy (non-hydrogen) atoms. The second kappa shape index (κ2) is 13.7. The summed E-state index contributed by atoms with van der Waals surface area (Å²) in [5.41, 5.74) is 1.63. The van der Waals surface area contributed by atoms with Gasteiger partial charge in [-0.3, -0.25) is 9.35 Å². The summed E-state index contributed by atoms with van der Waals surface area (Å²) in [4.78, 5) is 12.5. The molecule has 0 amide bonds. The van der Waals surface area contributed by atoms with E-state index in [1.165, 1.54) is 0 Å². The van der Waals surface area contributed by atoms with Crippen molar-refractivity contribution in [3.63, 3.8) is 0 Å².